The monoisotopic (exact) mass is 520 g/mol. The number of hydrogen-bond donors (Lipinski definition) is 1. The van der Waals surface area contributed by atoms with E-state index in [1.165, 1.54) is 23.1 Å². The second kappa shape index (κ2) is 8.12. The summed E-state index contributed by atoms with van der Waals surface area (Å²) in [6, 6.07) is 30.9. The van der Waals surface area contributed by atoms with E-state index in [9.17, 15) is 13.2 Å². The van der Waals surface area contributed by atoms with Gasteiger partial charge >= 0.3 is 6.18 Å². The molecule has 0 aliphatic carbocycles. The largest absolute Gasteiger partial charge is 0.416 e. The third-order valence-electron chi connectivity index (χ3n) is 7.93. The van der Waals surface area contributed by atoms with E-state index in [0.29, 0.717) is 5.56 Å². The maximum Gasteiger partial charge on any atom is 0.416 e. The van der Waals surface area contributed by atoms with E-state index in [0.717, 1.165) is 44.7 Å². The molecule has 7 rings (SSSR count). The summed E-state index contributed by atoms with van der Waals surface area (Å²) in [7, 11) is 0. The van der Waals surface area contributed by atoms with Crippen molar-refractivity contribution in [1.29, 1.82) is 0 Å². The predicted molar refractivity (Wildman–Crippen MR) is 153 cm³/mol. The minimum absolute atomic E-state index is 0.0965. The number of nitrogens with zero attached hydrogens (tertiary/aromatic N) is 1. The summed E-state index contributed by atoms with van der Waals surface area (Å²) in [5.74, 6) is 0. The molecule has 5 aromatic carbocycles. The van der Waals surface area contributed by atoms with Crippen LogP contribution < -0.4 is 10.2 Å². The first kappa shape index (κ1) is 23.8. The Morgan fingerprint density at radius 2 is 1.38 bits per heavy atom. The number of fused-ring (bicyclic) bond motifs is 6. The molecule has 0 fully saturated rings. The number of para-hydroxylation sites is 1. The van der Waals surface area contributed by atoms with E-state index >= 15 is 0 Å². The molecule has 0 saturated heterocycles. The summed E-state index contributed by atoms with van der Waals surface area (Å²) in [6.07, 6.45) is -4.73. The highest BCUT2D eigenvalue weighted by molar-refractivity contribution is 6.05. The zero-order valence-electron chi connectivity index (χ0n) is 21.9. The van der Waals surface area contributed by atoms with Crippen molar-refractivity contribution in [2.45, 2.75) is 38.5 Å². The molecule has 1 N–H and O–H groups in total. The van der Waals surface area contributed by atoms with Gasteiger partial charge in [-0.1, -0.05) is 87.5 Å². The van der Waals surface area contributed by atoms with Gasteiger partial charge in [0, 0.05) is 11.1 Å². The fourth-order valence-electron chi connectivity index (χ4n) is 6.17. The minimum atomic E-state index is -4.43. The van der Waals surface area contributed by atoms with Gasteiger partial charge in [-0.05, 0) is 68.8 Å². The Kier molecular flexibility index (Phi) is 4.97. The van der Waals surface area contributed by atoms with Crippen molar-refractivity contribution in [1.82, 2.24) is 0 Å². The van der Waals surface area contributed by atoms with Crippen LogP contribution in [0.25, 0.3) is 33.0 Å². The lowest BCUT2D eigenvalue weighted by Gasteiger charge is -2.31. The fraction of sp³-hybridized carbons (Fsp3) is 0.176. The molecule has 0 radical (unpaired) electrons. The van der Waals surface area contributed by atoms with Gasteiger partial charge in [-0.2, -0.15) is 13.2 Å². The molecule has 2 aliphatic rings. The van der Waals surface area contributed by atoms with Crippen molar-refractivity contribution < 1.29 is 13.2 Å². The highest BCUT2D eigenvalue weighted by atomic mass is 19.4. The van der Waals surface area contributed by atoms with Crippen LogP contribution in [0.5, 0.6) is 0 Å². The van der Waals surface area contributed by atoms with Gasteiger partial charge in [0.25, 0.3) is 0 Å². The van der Waals surface area contributed by atoms with Crippen LogP contribution in [0.3, 0.4) is 0 Å². The average Bonchev–Trinajstić information content (AvgIpc) is 3.25. The van der Waals surface area contributed by atoms with Gasteiger partial charge < -0.3 is 10.2 Å². The number of nitrogens with one attached hydrogen (secondary N) is 1. The van der Waals surface area contributed by atoms with Crippen LogP contribution in [-0.4, -0.2) is 0 Å². The predicted octanol–water partition coefficient (Wildman–Crippen LogP) is 10.1. The SMILES string of the molecule is CC(C)(C)c1cc(C2Nc3cccc4c3N2c2ccc(C(F)(F)F)cc2-c2ccccc2-4)cc2ccccc12. The van der Waals surface area contributed by atoms with Gasteiger partial charge in [0.15, 0.2) is 0 Å². The van der Waals surface area contributed by atoms with Crippen molar-refractivity contribution in [3.8, 4) is 22.3 Å². The first-order chi connectivity index (χ1) is 18.6. The van der Waals surface area contributed by atoms with E-state index in [1.54, 1.807) is 6.07 Å². The highest BCUT2D eigenvalue weighted by Crippen LogP contribution is 2.57. The molecule has 0 bridgehead atoms. The summed E-state index contributed by atoms with van der Waals surface area (Å²) < 4.78 is 41.7. The number of benzene rings is 5. The molecular weight excluding hydrogens is 493 g/mol. The normalized spacial score (nSPS) is 15.8. The van der Waals surface area contributed by atoms with Gasteiger partial charge in [-0.25, -0.2) is 0 Å². The quantitative estimate of drug-likeness (QED) is 0.237. The lowest BCUT2D eigenvalue weighted by atomic mass is 9.82. The third kappa shape index (κ3) is 3.63. The molecule has 0 amide bonds. The molecule has 0 aromatic heterocycles. The summed E-state index contributed by atoms with van der Waals surface area (Å²) in [5, 5.41) is 6.08. The Bertz CT molecular complexity index is 1780. The Hall–Kier alpha value is -4.25. The average molecular weight is 521 g/mol. The van der Waals surface area contributed by atoms with Crippen LogP contribution in [0.4, 0.5) is 30.2 Å². The second-order valence-corrected chi connectivity index (χ2v) is 11.4. The molecule has 2 nitrogen and oxygen atoms in total. The molecule has 2 aliphatic heterocycles. The number of hydrogen-bond acceptors (Lipinski definition) is 2. The van der Waals surface area contributed by atoms with Gasteiger partial charge in [-0.15, -0.1) is 0 Å². The number of alkyl halides is 3. The number of rotatable bonds is 1. The fourth-order valence-corrected chi connectivity index (χ4v) is 6.17. The van der Waals surface area contributed by atoms with Crippen LogP contribution in [0.2, 0.25) is 0 Å². The third-order valence-corrected chi connectivity index (χ3v) is 7.93. The van der Waals surface area contributed by atoms with Crippen molar-refractivity contribution >= 4 is 27.8 Å². The van der Waals surface area contributed by atoms with E-state index in [4.69, 9.17) is 0 Å². The topological polar surface area (TPSA) is 15.3 Å². The first-order valence-corrected chi connectivity index (χ1v) is 13.1. The summed E-state index contributed by atoms with van der Waals surface area (Å²) in [5.41, 5.74) is 7.56. The van der Waals surface area contributed by atoms with Crippen LogP contribution >= 0.6 is 0 Å². The second-order valence-electron chi connectivity index (χ2n) is 11.4. The summed E-state index contributed by atoms with van der Waals surface area (Å²) >= 11 is 0. The molecule has 0 saturated carbocycles. The van der Waals surface area contributed by atoms with E-state index in [2.05, 4.69) is 73.5 Å². The molecule has 2 heterocycles. The molecular formula is C34H27F3N2. The lowest BCUT2D eigenvalue weighted by molar-refractivity contribution is -0.137. The van der Waals surface area contributed by atoms with Crippen molar-refractivity contribution in [3.63, 3.8) is 0 Å². The molecule has 1 unspecified atom stereocenters. The van der Waals surface area contributed by atoms with Crippen molar-refractivity contribution in [2.24, 2.45) is 0 Å². The molecule has 0 spiro atoms. The van der Waals surface area contributed by atoms with E-state index in [-0.39, 0.29) is 11.6 Å². The zero-order chi connectivity index (χ0) is 27.1. The van der Waals surface area contributed by atoms with E-state index in [1.807, 2.05) is 36.4 Å². The van der Waals surface area contributed by atoms with Crippen LogP contribution in [0, 0.1) is 0 Å². The summed E-state index contributed by atoms with van der Waals surface area (Å²) in [4.78, 5) is 2.19. The molecule has 5 aromatic rings. The van der Waals surface area contributed by atoms with Gasteiger partial charge in [0.1, 0.15) is 6.17 Å². The highest BCUT2D eigenvalue weighted by Gasteiger charge is 2.39. The van der Waals surface area contributed by atoms with Gasteiger partial charge in [0.2, 0.25) is 0 Å². The number of halogens is 3. The molecule has 5 heteroatoms. The lowest BCUT2D eigenvalue weighted by Crippen LogP contribution is -2.25. The molecule has 194 valence electrons. The van der Waals surface area contributed by atoms with Crippen molar-refractivity contribution in [2.75, 3.05) is 10.2 Å². The number of anilines is 3. The molecule has 1 atom stereocenters. The van der Waals surface area contributed by atoms with Crippen LogP contribution in [-0.2, 0) is 11.6 Å². The Morgan fingerprint density at radius 1 is 0.692 bits per heavy atom. The minimum Gasteiger partial charge on any atom is -0.359 e. The zero-order valence-corrected chi connectivity index (χ0v) is 21.9. The van der Waals surface area contributed by atoms with E-state index < -0.39 is 11.7 Å². The van der Waals surface area contributed by atoms with Gasteiger partial charge in [-0.3, -0.25) is 0 Å². The van der Waals surface area contributed by atoms with Crippen molar-refractivity contribution in [3.05, 3.63) is 114 Å². The maximum atomic E-state index is 13.9. The Morgan fingerprint density at radius 3 is 2.13 bits per heavy atom. The maximum absolute atomic E-state index is 13.9. The Balaban J connectivity index is 1.53. The standard InChI is InChI=1S/C34H27F3N2/c1-33(2,3)28-18-21(17-20-9-4-5-10-23(20)28)32-38-29-14-8-13-26-24-11-6-7-12-25(24)27-19-22(34(35,36)37)15-16-30(27)39(32)31(26)29/h4-19,32,38H,1-3H3. The summed E-state index contributed by atoms with van der Waals surface area (Å²) in [6.45, 7) is 6.64. The van der Waals surface area contributed by atoms with Gasteiger partial charge in [0.05, 0.1) is 22.6 Å². The van der Waals surface area contributed by atoms with Crippen LogP contribution in [0.15, 0.2) is 97.1 Å². The molecule has 39 heavy (non-hydrogen) atoms. The van der Waals surface area contributed by atoms with Crippen LogP contribution in [0.1, 0.15) is 43.6 Å². The first-order valence-electron chi connectivity index (χ1n) is 13.1. The Labute approximate surface area is 225 Å². The smallest absolute Gasteiger partial charge is 0.359 e.